The van der Waals surface area contributed by atoms with Gasteiger partial charge in [-0.25, -0.2) is 15.0 Å². The predicted molar refractivity (Wildman–Crippen MR) is 105 cm³/mol. The van der Waals surface area contributed by atoms with E-state index < -0.39 is 0 Å². The molecular weight excluding hydrogens is 340 g/mol. The van der Waals surface area contributed by atoms with Gasteiger partial charge in [0.1, 0.15) is 11.6 Å². The number of aromatic nitrogens is 4. The number of hydrogen-bond donors (Lipinski definition) is 1. The lowest BCUT2D eigenvalue weighted by Crippen LogP contribution is -2.36. The van der Waals surface area contributed by atoms with Crippen LogP contribution in [0.3, 0.4) is 0 Å². The van der Waals surface area contributed by atoms with Crippen molar-refractivity contribution in [3.8, 4) is 11.4 Å². The molecule has 4 rings (SSSR count). The standard InChI is InChI=1S/C20H22N6O/c1-15-11-23-20(25-19(15)24-13-16-3-2-6-21-12-16)17-4-5-18(22-14-17)26-7-9-27-10-8-26/h2-6,11-12,14H,7-10,13H2,1H3,(H,23,24,25). The van der Waals surface area contributed by atoms with Crippen molar-refractivity contribution in [2.75, 3.05) is 36.5 Å². The molecular formula is C20H22N6O. The van der Waals surface area contributed by atoms with Gasteiger partial charge in [-0.05, 0) is 30.7 Å². The molecule has 1 saturated heterocycles. The summed E-state index contributed by atoms with van der Waals surface area (Å²) in [6.07, 6.45) is 7.29. The van der Waals surface area contributed by atoms with Gasteiger partial charge in [0, 0.05) is 55.5 Å². The van der Waals surface area contributed by atoms with E-state index in [1.807, 2.05) is 49.8 Å². The molecule has 1 aliphatic rings. The molecule has 0 radical (unpaired) electrons. The number of anilines is 2. The van der Waals surface area contributed by atoms with Gasteiger partial charge in [-0.1, -0.05) is 6.07 Å². The lowest BCUT2D eigenvalue weighted by atomic mass is 10.2. The fourth-order valence-corrected chi connectivity index (χ4v) is 2.95. The number of morpholine rings is 1. The Kier molecular flexibility index (Phi) is 5.20. The lowest BCUT2D eigenvalue weighted by molar-refractivity contribution is 0.122. The van der Waals surface area contributed by atoms with Gasteiger partial charge in [-0.15, -0.1) is 0 Å². The van der Waals surface area contributed by atoms with Crippen molar-refractivity contribution in [1.82, 2.24) is 19.9 Å². The van der Waals surface area contributed by atoms with Crippen LogP contribution in [0.5, 0.6) is 0 Å². The molecule has 3 aromatic rings. The summed E-state index contributed by atoms with van der Waals surface area (Å²) < 4.78 is 5.39. The summed E-state index contributed by atoms with van der Waals surface area (Å²) in [5.74, 6) is 2.44. The minimum absolute atomic E-state index is 0.662. The van der Waals surface area contributed by atoms with Crippen LogP contribution in [0.4, 0.5) is 11.6 Å². The molecule has 1 aliphatic heterocycles. The van der Waals surface area contributed by atoms with Crippen molar-refractivity contribution >= 4 is 11.6 Å². The van der Waals surface area contributed by atoms with Crippen molar-refractivity contribution in [3.05, 3.63) is 60.2 Å². The summed E-state index contributed by atoms with van der Waals surface area (Å²) >= 11 is 0. The van der Waals surface area contributed by atoms with E-state index in [1.54, 1.807) is 6.20 Å². The maximum atomic E-state index is 5.39. The zero-order chi connectivity index (χ0) is 18.5. The Morgan fingerprint density at radius 2 is 1.96 bits per heavy atom. The van der Waals surface area contributed by atoms with E-state index in [0.29, 0.717) is 12.4 Å². The minimum Gasteiger partial charge on any atom is -0.378 e. The number of hydrogen-bond acceptors (Lipinski definition) is 7. The van der Waals surface area contributed by atoms with Crippen LogP contribution in [0.25, 0.3) is 11.4 Å². The third-order valence-corrected chi connectivity index (χ3v) is 4.50. The largest absolute Gasteiger partial charge is 0.378 e. The van der Waals surface area contributed by atoms with Crippen LogP contribution in [0.15, 0.2) is 49.1 Å². The Labute approximate surface area is 158 Å². The Bertz CT molecular complexity index is 879. The number of nitrogens with one attached hydrogen (secondary N) is 1. The Morgan fingerprint density at radius 1 is 1.07 bits per heavy atom. The highest BCUT2D eigenvalue weighted by Gasteiger charge is 2.13. The van der Waals surface area contributed by atoms with E-state index in [2.05, 4.69) is 30.2 Å². The Hall–Kier alpha value is -3.06. The van der Waals surface area contributed by atoms with Crippen LogP contribution in [0.2, 0.25) is 0 Å². The maximum absolute atomic E-state index is 5.39. The van der Waals surface area contributed by atoms with Crippen molar-refractivity contribution in [1.29, 1.82) is 0 Å². The molecule has 0 spiro atoms. The molecule has 1 fully saturated rings. The van der Waals surface area contributed by atoms with Crippen LogP contribution in [-0.4, -0.2) is 46.2 Å². The topological polar surface area (TPSA) is 76.1 Å². The third kappa shape index (κ3) is 4.20. The van der Waals surface area contributed by atoms with Crippen molar-refractivity contribution < 1.29 is 4.74 Å². The van der Waals surface area contributed by atoms with Gasteiger partial charge in [0.25, 0.3) is 0 Å². The quantitative estimate of drug-likeness (QED) is 0.748. The van der Waals surface area contributed by atoms with Crippen LogP contribution in [0, 0.1) is 6.92 Å². The molecule has 7 heteroatoms. The lowest BCUT2D eigenvalue weighted by Gasteiger charge is -2.27. The van der Waals surface area contributed by atoms with E-state index in [-0.39, 0.29) is 0 Å². The second-order valence-corrected chi connectivity index (χ2v) is 6.44. The first-order valence-corrected chi connectivity index (χ1v) is 9.05. The van der Waals surface area contributed by atoms with Crippen molar-refractivity contribution in [3.63, 3.8) is 0 Å². The first-order valence-electron chi connectivity index (χ1n) is 9.05. The van der Waals surface area contributed by atoms with E-state index in [9.17, 15) is 0 Å². The SMILES string of the molecule is Cc1cnc(-c2ccc(N3CCOCC3)nc2)nc1NCc1cccnc1. The van der Waals surface area contributed by atoms with Crippen molar-refractivity contribution in [2.24, 2.45) is 0 Å². The molecule has 0 atom stereocenters. The smallest absolute Gasteiger partial charge is 0.163 e. The fourth-order valence-electron chi connectivity index (χ4n) is 2.95. The average molecular weight is 362 g/mol. The summed E-state index contributed by atoms with van der Waals surface area (Å²) in [6, 6.07) is 8.00. The van der Waals surface area contributed by atoms with Gasteiger partial charge in [0.2, 0.25) is 0 Å². The van der Waals surface area contributed by atoms with Gasteiger partial charge in [0.15, 0.2) is 5.82 Å². The molecule has 1 N–H and O–H groups in total. The van der Waals surface area contributed by atoms with Crippen LogP contribution >= 0.6 is 0 Å². The second-order valence-electron chi connectivity index (χ2n) is 6.44. The second kappa shape index (κ2) is 8.09. The van der Waals surface area contributed by atoms with E-state index in [0.717, 1.165) is 54.6 Å². The summed E-state index contributed by atoms with van der Waals surface area (Å²) in [6.45, 7) is 5.90. The molecule has 4 heterocycles. The van der Waals surface area contributed by atoms with Crippen LogP contribution in [0.1, 0.15) is 11.1 Å². The van der Waals surface area contributed by atoms with Crippen LogP contribution in [-0.2, 0) is 11.3 Å². The molecule has 3 aromatic heterocycles. The van der Waals surface area contributed by atoms with Gasteiger partial charge < -0.3 is 15.0 Å². The zero-order valence-electron chi connectivity index (χ0n) is 15.3. The monoisotopic (exact) mass is 362 g/mol. The number of nitrogens with zero attached hydrogens (tertiary/aromatic N) is 5. The summed E-state index contributed by atoms with van der Waals surface area (Å²) in [7, 11) is 0. The molecule has 0 amide bonds. The normalized spacial score (nSPS) is 14.2. The zero-order valence-corrected chi connectivity index (χ0v) is 15.3. The predicted octanol–water partition coefficient (Wildman–Crippen LogP) is 2.69. The highest BCUT2D eigenvalue weighted by molar-refractivity contribution is 5.59. The van der Waals surface area contributed by atoms with Gasteiger partial charge in [-0.2, -0.15) is 0 Å². The summed E-state index contributed by atoms with van der Waals surface area (Å²) in [5, 5.41) is 3.37. The summed E-state index contributed by atoms with van der Waals surface area (Å²) in [5.41, 5.74) is 3.01. The van der Waals surface area contributed by atoms with E-state index >= 15 is 0 Å². The van der Waals surface area contributed by atoms with Crippen molar-refractivity contribution in [2.45, 2.75) is 13.5 Å². The average Bonchev–Trinajstić information content (AvgIpc) is 2.75. The minimum atomic E-state index is 0.662. The van der Waals surface area contributed by atoms with Gasteiger partial charge >= 0.3 is 0 Å². The Morgan fingerprint density at radius 3 is 2.70 bits per heavy atom. The molecule has 0 saturated carbocycles. The molecule has 27 heavy (non-hydrogen) atoms. The van der Waals surface area contributed by atoms with E-state index in [4.69, 9.17) is 4.74 Å². The number of aryl methyl sites for hydroxylation is 1. The summed E-state index contributed by atoms with van der Waals surface area (Å²) in [4.78, 5) is 20.1. The fraction of sp³-hybridized carbons (Fsp3) is 0.300. The highest BCUT2D eigenvalue weighted by atomic mass is 16.5. The number of pyridine rings is 2. The molecule has 7 nitrogen and oxygen atoms in total. The molecule has 0 unspecified atom stereocenters. The third-order valence-electron chi connectivity index (χ3n) is 4.50. The molecule has 0 bridgehead atoms. The number of rotatable bonds is 5. The first kappa shape index (κ1) is 17.4. The first-order chi connectivity index (χ1) is 13.3. The molecule has 0 aromatic carbocycles. The Balaban J connectivity index is 1.50. The van der Waals surface area contributed by atoms with Gasteiger partial charge in [-0.3, -0.25) is 4.98 Å². The number of ether oxygens (including phenoxy) is 1. The molecule has 138 valence electrons. The van der Waals surface area contributed by atoms with E-state index in [1.165, 1.54) is 0 Å². The molecule has 0 aliphatic carbocycles. The maximum Gasteiger partial charge on any atom is 0.163 e. The van der Waals surface area contributed by atoms with Crippen LogP contribution < -0.4 is 10.2 Å². The highest BCUT2D eigenvalue weighted by Crippen LogP contribution is 2.21. The van der Waals surface area contributed by atoms with Gasteiger partial charge in [0.05, 0.1) is 13.2 Å².